The van der Waals surface area contributed by atoms with Crippen LogP contribution >= 0.6 is 0 Å². The molecule has 0 amide bonds. The van der Waals surface area contributed by atoms with E-state index in [-0.39, 0.29) is 5.92 Å². The van der Waals surface area contributed by atoms with Crippen molar-refractivity contribution in [2.45, 2.75) is 19.3 Å². The third-order valence-electron chi connectivity index (χ3n) is 3.70. The predicted molar refractivity (Wildman–Crippen MR) is 57.8 cm³/mol. The van der Waals surface area contributed by atoms with Gasteiger partial charge >= 0.3 is 5.97 Å². The zero-order valence-corrected chi connectivity index (χ0v) is 9.11. The summed E-state index contributed by atoms with van der Waals surface area (Å²) < 4.78 is 0. The Bertz CT molecular complexity index is 223. The largest absolute Gasteiger partial charge is 0.481 e. The molecule has 1 aliphatic carbocycles. The van der Waals surface area contributed by atoms with E-state index in [1.807, 2.05) is 0 Å². The van der Waals surface area contributed by atoms with Crippen molar-refractivity contribution in [1.29, 1.82) is 0 Å². The summed E-state index contributed by atoms with van der Waals surface area (Å²) >= 11 is 0. The molecule has 1 atom stereocenters. The Kier molecular flexibility index (Phi) is 3.59. The summed E-state index contributed by atoms with van der Waals surface area (Å²) in [6.07, 6.45) is 3.45. The van der Waals surface area contributed by atoms with E-state index in [0.717, 1.165) is 45.6 Å². The van der Waals surface area contributed by atoms with Crippen LogP contribution in [0.15, 0.2) is 0 Å². The van der Waals surface area contributed by atoms with Crippen LogP contribution in [0.4, 0.5) is 0 Å². The van der Waals surface area contributed by atoms with Gasteiger partial charge in [0.05, 0.1) is 5.92 Å². The summed E-state index contributed by atoms with van der Waals surface area (Å²) in [5, 5.41) is 12.5. The summed E-state index contributed by atoms with van der Waals surface area (Å²) in [7, 11) is 0. The highest BCUT2D eigenvalue weighted by Gasteiger charge is 2.33. The Hall–Kier alpha value is -0.610. The van der Waals surface area contributed by atoms with Crippen LogP contribution in [0, 0.1) is 11.8 Å². The van der Waals surface area contributed by atoms with Gasteiger partial charge in [-0.05, 0) is 18.8 Å². The van der Waals surface area contributed by atoms with Crippen molar-refractivity contribution < 1.29 is 9.90 Å². The number of hydrogen-bond acceptors (Lipinski definition) is 3. The summed E-state index contributed by atoms with van der Waals surface area (Å²) in [6, 6.07) is 0. The SMILES string of the molecule is O=C(O)C(CN1CCNCC1)C1CCC1. The van der Waals surface area contributed by atoms with Gasteiger partial charge in [0.25, 0.3) is 0 Å². The number of nitrogens with one attached hydrogen (secondary N) is 1. The number of carbonyl (C=O) groups is 1. The Morgan fingerprint density at radius 2 is 2.07 bits per heavy atom. The Morgan fingerprint density at radius 3 is 2.53 bits per heavy atom. The van der Waals surface area contributed by atoms with Crippen molar-refractivity contribution in [3.8, 4) is 0 Å². The van der Waals surface area contributed by atoms with Crippen molar-refractivity contribution >= 4 is 5.97 Å². The minimum Gasteiger partial charge on any atom is -0.481 e. The molecule has 1 saturated heterocycles. The standard InChI is InChI=1S/C11H20N2O2/c14-11(15)10(9-2-1-3-9)8-13-6-4-12-5-7-13/h9-10,12H,1-8H2,(H,14,15). The minimum absolute atomic E-state index is 0.128. The van der Waals surface area contributed by atoms with Crippen molar-refractivity contribution in [3.05, 3.63) is 0 Å². The average Bonchev–Trinajstić information content (AvgIpc) is 2.15. The van der Waals surface area contributed by atoms with Gasteiger partial charge < -0.3 is 10.4 Å². The van der Waals surface area contributed by atoms with E-state index in [1.165, 1.54) is 6.42 Å². The van der Waals surface area contributed by atoms with E-state index in [2.05, 4.69) is 10.2 Å². The van der Waals surface area contributed by atoms with Gasteiger partial charge in [-0.3, -0.25) is 9.69 Å². The normalized spacial score (nSPS) is 25.9. The number of rotatable bonds is 4. The van der Waals surface area contributed by atoms with Crippen LogP contribution in [0.5, 0.6) is 0 Å². The van der Waals surface area contributed by atoms with Crippen LogP contribution in [0.2, 0.25) is 0 Å². The van der Waals surface area contributed by atoms with Gasteiger partial charge in [0.15, 0.2) is 0 Å². The molecule has 0 bridgehead atoms. The maximum Gasteiger partial charge on any atom is 0.308 e. The molecule has 1 aliphatic heterocycles. The molecule has 1 unspecified atom stereocenters. The van der Waals surface area contributed by atoms with Gasteiger partial charge in [-0.1, -0.05) is 6.42 Å². The first-order chi connectivity index (χ1) is 7.27. The molecule has 2 rings (SSSR count). The van der Waals surface area contributed by atoms with E-state index in [0.29, 0.717) is 5.92 Å². The van der Waals surface area contributed by atoms with Crippen LogP contribution in [0.1, 0.15) is 19.3 Å². The van der Waals surface area contributed by atoms with Gasteiger partial charge in [0, 0.05) is 32.7 Å². The lowest BCUT2D eigenvalue weighted by Gasteiger charge is -2.36. The first-order valence-corrected chi connectivity index (χ1v) is 5.93. The molecule has 0 aromatic heterocycles. The quantitative estimate of drug-likeness (QED) is 0.708. The molecule has 1 heterocycles. The average molecular weight is 212 g/mol. The molecular formula is C11H20N2O2. The van der Waals surface area contributed by atoms with Gasteiger partial charge in [-0.2, -0.15) is 0 Å². The maximum atomic E-state index is 11.2. The first kappa shape index (κ1) is 10.9. The lowest BCUT2D eigenvalue weighted by atomic mass is 9.75. The van der Waals surface area contributed by atoms with Gasteiger partial charge in [-0.15, -0.1) is 0 Å². The lowest BCUT2D eigenvalue weighted by Crippen LogP contribution is -2.48. The second-order valence-electron chi connectivity index (χ2n) is 4.69. The number of hydrogen-bond donors (Lipinski definition) is 2. The molecular weight excluding hydrogens is 192 g/mol. The van der Waals surface area contributed by atoms with Crippen LogP contribution in [0.25, 0.3) is 0 Å². The van der Waals surface area contributed by atoms with Crippen LogP contribution in [-0.2, 0) is 4.79 Å². The van der Waals surface area contributed by atoms with Crippen LogP contribution < -0.4 is 5.32 Å². The highest BCUT2D eigenvalue weighted by molar-refractivity contribution is 5.70. The van der Waals surface area contributed by atoms with E-state index >= 15 is 0 Å². The number of carboxylic acid groups (broad SMARTS) is 1. The van der Waals surface area contributed by atoms with Gasteiger partial charge in [0.1, 0.15) is 0 Å². The second-order valence-corrected chi connectivity index (χ2v) is 4.69. The third kappa shape index (κ3) is 2.69. The number of nitrogens with zero attached hydrogens (tertiary/aromatic N) is 1. The van der Waals surface area contributed by atoms with E-state index < -0.39 is 5.97 Å². The van der Waals surface area contributed by atoms with Crippen LogP contribution in [0.3, 0.4) is 0 Å². The minimum atomic E-state index is -0.599. The molecule has 86 valence electrons. The number of aliphatic carboxylic acids is 1. The van der Waals surface area contributed by atoms with Crippen molar-refractivity contribution in [2.75, 3.05) is 32.7 Å². The monoisotopic (exact) mass is 212 g/mol. The summed E-state index contributed by atoms with van der Waals surface area (Å²) in [4.78, 5) is 13.5. The lowest BCUT2D eigenvalue weighted by molar-refractivity contribution is -0.145. The highest BCUT2D eigenvalue weighted by Crippen LogP contribution is 2.34. The van der Waals surface area contributed by atoms with Crippen molar-refractivity contribution in [1.82, 2.24) is 10.2 Å². The first-order valence-electron chi connectivity index (χ1n) is 5.93. The van der Waals surface area contributed by atoms with E-state index in [1.54, 1.807) is 0 Å². The van der Waals surface area contributed by atoms with Crippen LogP contribution in [-0.4, -0.2) is 48.7 Å². The third-order valence-corrected chi connectivity index (χ3v) is 3.70. The highest BCUT2D eigenvalue weighted by atomic mass is 16.4. The summed E-state index contributed by atoms with van der Waals surface area (Å²) in [5.41, 5.74) is 0. The van der Waals surface area contributed by atoms with E-state index in [4.69, 9.17) is 0 Å². The van der Waals surface area contributed by atoms with Crippen molar-refractivity contribution in [3.63, 3.8) is 0 Å². The zero-order valence-electron chi connectivity index (χ0n) is 9.11. The fourth-order valence-corrected chi connectivity index (χ4v) is 2.44. The fourth-order valence-electron chi connectivity index (χ4n) is 2.44. The zero-order chi connectivity index (χ0) is 10.7. The Morgan fingerprint density at radius 1 is 1.40 bits per heavy atom. The Labute approximate surface area is 90.6 Å². The number of carboxylic acids is 1. The topological polar surface area (TPSA) is 52.6 Å². The molecule has 0 aromatic rings. The fraction of sp³-hybridized carbons (Fsp3) is 0.909. The van der Waals surface area contributed by atoms with Gasteiger partial charge in [-0.25, -0.2) is 0 Å². The molecule has 2 N–H and O–H groups in total. The van der Waals surface area contributed by atoms with E-state index in [9.17, 15) is 9.90 Å². The van der Waals surface area contributed by atoms with Crippen molar-refractivity contribution in [2.24, 2.45) is 11.8 Å². The summed E-state index contributed by atoms with van der Waals surface area (Å²) in [5.74, 6) is -0.285. The van der Waals surface area contributed by atoms with Gasteiger partial charge in [0.2, 0.25) is 0 Å². The second kappa shape index (κ2) is 4.94. The molecule has 4 nitrogen and oxygen atoms in total. The molecule has 0 aromatic carbocycles. The predicted octanol–water partition coefficient (Wildman–Crippen LogP) is 0.392. The molecule has 0 radical (unpaired) electrons. The molecule has 2 aliphatic rings. The Balaban J connectivity index is 1.84. The molecule has 15 heavy (non-hydrogen) atoms. The maximum absolute atomic E-state index is 11.2. The number of piperazine rings is 1. The smallest absolute Gasteiger partial charge is 0.308 e. The summed E-state index contributed by atoms with van der Waals surface area (Å²) in [6.45, 7) is 4.74. The molecule has 4 heteroatoms. The molecule has 0 spiro atoms. The molecule has 1 saturated carbocycles. The molecule has 2 fully saturated rings.